The van der Waals surface area contributed by atoms with E-state index in [0.717, 1.165) is 23.9 Å². The Morgan fingerprint density at radius 1 is 1.19 bits per heavy atom. The fourth-order valence-electron chi connectivity index (χ4n) is 1.12. The smallest absolute Gasteiger partial charge is 0.115 e. The van der Waals surface area contributed by atoms with E-state index in [4.69, 9.17) is 11.6 Å². The lowest BCUT2D eigenvalue weighted by Crippen LogP contribution is -1.82. The number of hydrogen-bond acceptors (Lipinski definition) is 2. The molecule has 1 aromatic heterocycles. The summed E-state index contributed by atoms with van der Waals surface area (Å²) >= 11 is 14.3. The maximum Gasteiger partial charge on any atom is 0.115 e. The summed E-state index contributed by atoms with van der Waals surface area (Å²) in [7, 11) is 0. The van der Waals surface area contributed by atoms with Gasteiger partial charge in [-0.2, -0.15) is 0 Å². The molecule has 1 heterocycles. The van der Waals surface area contributed by atoms with Gasteiger partial charge >= 0.3 is 0 Å². The molecule has 16 heavy (non-hydrogen) atoms. The Balaban J connectivity index is 2.27. The Hall–Kier alpha value is -0.0300. The van der Waals surface area contributed by atoms with E-state index in [-0.39, 0.29) is 0 Å². The van der Waals surface area contributed by atoms with Gasteiger partial charge < -0.3 is 0 Å². The molecule has 82 valence electrons. The van der Waals surface area contributed by atoms with Crippen molar-refractivity contribution in [3.05, 3.63) is 50.5 Å². The molecule has 0 saturated carbocycles. The van der Waals surface area contributed by atoms with Crippen molar-refractivity contribution in [2.45, 2.75) is 9.92 Å². The van der Waals surface area contributed by atoms with E-state index in [9.17, 15) is 0 Å². The summed E-state index contributed by atoms with van der Waals surface area (Å²) in [5.41, 5.74) is 0. The molecule has 0 N–H and O–H groups in total. The highest BCUT2D eigenvalue weighted by Gasteiger charge is 2.04. The van der Waals surface area contributed by atoms with Gasteiger partial charge in [0, 0.05) is 20.6 Å². The van der Waals surface area contributed by atoms with E-state index >= 15 is 0 Å². The van der Waals surface area contributed by atoms with Crippen molar-refractivity contribution in [2.75, 3.05) is 0 Å². The van der Waals surface area contributed by atoms with Gasteiger partial charge in [-0.15, -0.1) is 0 Å². The molecule has 0 aliphatic rings. The highest BCUT2D eigenvalue weighted by atomic mass is 79.9. The Morgan fingerprint density at radius 2 is 2.00 bits per heavy atom. The monoisotopic (exact) mass is 377 g/mol. The number of halogens is 3. The Labute approximate surface area is 120 Å². The lowest BCUT2D eigenvalue weighted by molar-refractivity contribution is 1.10. The summed E-state index contributed by atoms with van der Waals surface area (Å²) in [5, 5.41) is 1.66. The second-order valence-corrected chi connectivity index (χ2v) is 6.27. The molecule has 0 bridgehead atoms. The fraction of sp³-hybridized carbons (Fsp3) is 0. The number of rotatable bonds is 2. The number of hydrogen-bond donors (Lipinski definition) is 0. The third kappa shape index (κ3) is 3.23. The lowest BCUT2D eigenvalue weighted by Gasteiger charge is -2.03. The van der Waals surface area contributed by atoms with Crippen LogP contribution in [0.2, 0.25) is 5.02 Å². The summed E-state index contributed by atoms with van der Waals surface area (Å²) in [6.45, 7) is 0. The van der Waals surface area contributed by atoms with Crippen LogP contribution in [-0.2, 0) is 0 Å². The molecule has 0 saturated heterocycles. The van der Waals surface area contributed by atoms with Crippen LogP contribution in [0.25, 0.3) is 0 Å². The minimum Gasteiger partial charge on any atom is -0.247 e. The third-order valence-electron chi connectivity index (χ3n) is 1.78. The number of nitrogens with zero attached hydrogens (tertiary/aromatic N) is 1. The van der Waals surface area contributed by atoms with Gasteiger partial charge in [-0.05, 0) is 56.1 Å². The van der Waals surface area contributed by atoms with Gasteiger partial charge in [0.05, 0.1) is 4.47 Å². The van der Waals surface area contributed by atoms with E-state index in [1.165, 1.54) is 0 Å². The van der Waals surface area contributed by atoms with E-state index in [0.29, 0.717) is 0 Å². The van der Waals surface area contributed by atoms with Crippen molar-refractivity contribution in [2.24, 2.45) is 0 Å². The normalized spacial score (nSPS) is 10.4. The largest absolute Gasteiger partial charge is 0.247 e. The van der Waals surface area contributed by atoms with Crippen LogP contribution in [0.15, 0.2) is 55.4 Å². The van der Waals surface area contributed by atoms with Crippen molar-refractivity contribution in [1.82, 2.24) is 4.98 Å². The maximum absolute atomic E-state index is 5.92. The second kappa shape index (κ2) is 5.54. The zero-order valence-corrected chi connectivity index (χ0v) is 12.7. The molecular weight excluding hydrogens is 373 g/mol. The molecule has 0 unspecified atom stereocenters. The van der Waals surface area contributed by atoms with E-state index < -0.39 is 0 Å². The van der Waals surface area contributed by atoms with Crippen molar-refractivity contribution >= 4 is 55.2 Å². The molecule has 0 spiro atoms. The molecule has 1 aromatic carbocycles. The van der Waals surface area contributed by atoms with Gasteiger partial charge in [-0.1, -0.05) is 29.4 Å². The van der Waals surface area contributed by atoms with Crippen LogP contribution in [0.1, 0.15) is 0 Å². The van der Waals surface area contributed by atoms with Crippen LogP contribution in [0.5, 0.6) is 0 Å². The molecule has 0 aliphatic heterocycles. The molecular formula is C11H6Br2ClNS. The fourth-order valence-corrected chi connectivity index (χ4v) is 3.42. The summed E-state index contributed by atoms with van der Waals surface area (Å²) in [5.74, 6) is 0. The molecule has 0 atom stereocenters. The summed E-state index contributed by atoms with van der Waals surface area (Å²) in [6, 6.07) is 9.68. The van der Waals surface area contributed by atoms with Gasteiger partial charge in [0.15, 0.2) is 0 Å². The van der Waals surface area contributed by atoms with Gasteiger partial charge in [-0.3, -0.25) is 0 Å². The molecule has 2 aromatic rings. The predicted octanol–water partition coefficient (Wildman–Crippen LogP) is 5.41. The first-order valence-corrected chi connectivity index (χ1v) is 7.17. The zero-order valence-electron chi connectivity index (χ0n) is 7.95. The van der Waals surface area contributed by atoms with Gasteiger partial charge in [0.25, 0.3) is 0 Å². The Kier molecular flexibility index (Phi) is 4.30. The number of pyridine rings is 1. The molecule has 1 nitrogen and oxygen atoms in total. The maximum atomic E-state index is 5.92. The van der Waals surface area contributed by atoms with Crippen LogP contribution in [0.4, 0.5) is 0 Å². The molecule has 0 radical (unpaired) electrons. The van der Waals surface area contributed by atoms with E-state index in [2.05, 4.69) is 36.8 Å². The minimum atomic E-state index is 0.734. The van der Waals surface area contributed by atoms with Crippen molar-refractivity contribution in [3.8, 4) is 0 Å². The minimum absolute atomic E-state index is 0.734. The van der Waals surface area contributed by atoms with Crippen LogP contribution < -0.4 is 0 Å². The van der Waals surface area contributed by atoms with Crippen molar-refractivity contribution in [3.63, 3.8) is 0 Å². The van der Waals surface area contributed by atoms with Crippen molar-refractivity contribution in [1.29, 1.82) is 0 Å². The van der Waals surface area contributed by atoms with Crippen LogP contribution in [0, 0.1) is 0 Å². The third-order valence-corrected chi connectivity index (χ3v) is 4.33. The van der Waals surface area contributed by atoms with Gasteiger partial charge in [-0.25, -0.2) is 4.98 Å². The Bertz CT molecular complexity index is 519. The average Bonchev–Trinajstić information content (AvgIpc) is 2.22. The molecule has 0 fully saturated rings. The summed E-state index contributed by atoms with van der Waals surface area (Å²) in [6.07, 6.45) is 1.78. The molecule has 0 aliphatic carbocycles. The molecule has 5 heteroatoms. The number of aromatic nitrogens is 1. The van der Waals surface area contributed by atoms with E-state index in [1.807, 2.05) is 30.3 Å². The topological polar surface area (TPSA) is 12.9 Å². The standard InChI is InChI=1S/C11H6Br2ClNS/c12-7-4-10(13)11(15-6-7)16-9-3-1-2-8(14)5-9/h1-6H. The number of benzene rings is 1. The van der Waals surface area contributed by atoms with Gasteiger partial charge in [0.1, 0.15) is 5.03 Å². The quantitative estimate of drug-likeness (QED) is 0.692. The summed E-state index contributed by atoms with van der Waals surface area (Å²) in [4.78, 5) is 5.40. The van der Waals surface area contributed by atoms with Crippen LogP contribution >= 0.6 is 55.2 Å². The predicted molar refractivity (Wildman–Crippen MR) is 75.2 cm³/mol. The zero-order chi connectivity index (χ0) is 11.5. The van der Waals surface area contributed by atoms with Gasteiger partial charge in [0.2, 0.25) is 0 Å². The first kappa shape index (κ1) is 12.4. The second-order valence-electron chi connectivity index (χ2n) is 3.00. The highest BCUT2D eigenvalue weighted by Crippen LogP contribution is 2.33. The molecule has 2 rings (SSSR count). The first-order valence-electron chi connectivity index (χ1n) is 4.39. The summed E-state index contributed by atoms with van der Waals surface area (Å²) < 4.78 is 1.92. The Morgan fingerprint density at radius 3 is 2.69 bits per heavy atom. The van der Waals surface area contributed by atoms with Crippen molar-refractivity contribution < 1.29 is 0 Å². The SMILES string of the molecule is Clc1cccc(Sc2ncc(Br)cc2Br)c1. The lowest BCUT2D eigenvalue weighted by atomic mass is 10.4. The molecule has 0 amide bonds. The highest BCUT2D eigenvalue weighted by molar-refractivity contribution is 9.11. The van der Waals surface area contributed by atoms with E-state index in [1.54, 1.807) is 18.0 Å². The first-order chi connectivity index (χ1) is 7.65. The average molecular weight is 380 g/mol. The van der Waals surface area contributed by atoms with Crippen LogP contribution in [0.3, 0.4) is 0 Å². The van der Waals surface area contributed by atoms with Crippen LogP contribution in [-0.4, -0.2) is 4.98 Å².